The fourth-order valence-electron chi connectivity index (χ4n) is 2.06. The molecule has 0 aliphatic carbocycles. The molecule has 0 spiro atoms. The number of rotatable bonds is 7. The predicted molar refractivity (Wildman–Crippen MR) is 97.9 cm³/mol. The molecule has 0 bridgehead atoms. The van der Waals surface area contributed by atoms with Crippen LogP contribution >= 0.6 is 11.8 Å². The third kappa shape index (κ3) is 6.21. The zero-order valence-electron chi connectivity index (χ0n) is 13.6. The Hall–Kier alpha value is -2.37. The van der Waals surface area contributed by atoms with Gasteiger partial charge in [0.15, 0.2) is 9.84 Å². The van der Waals surface area contributed by atoms with E-state index in [2.05, 4.69) is 10.3 Å². The lowest BCUT2D eigenvalue weighted by Gasteiger charge is -2.07. The summed E-state index contributed by atoms with van der Waals surface area (Å²) in [7, 11) is -3.61. The Morgan fingerprint density at radius 3 is 2.52 bits per heavy atom. The van der Waals surface area contributed by atoms with Crippen LogP contribution in [0.3, 0.4) is 0 Å². The second kappa shape index (κ2) is 8.65. The van der Waals surface area contributed by atoms with Gasteiger partial charge in [-0.3, -0.25) is 4.79 Å². The van der Waals surface area contributed by atoms with Crippen LogP contribution < -0.4 is 5.32 Å². The van der Waals surface area contributed by atoms with Gasteiger partial charge < -0.3 is 5.32 Å². The molecule has 25 heavy (non-hydrogen) atoms. The summed E-state index contributed by atoms with van der Waals surface area (Å²) < 4.78 is 24.3. The van der Waals surface area contributed by atoms with E-state index in [1.807, 2.05) is 13.0 Å². The highest BCUT2D eigenvalue weighted by Gasteiger charge is 2.17. The number of nitrogens with zero attached hydrogens (tertiary/aromatic N) is 2. The molecule has 6 nitrogen and oxygen atoms in total. The molecule has 2 aromatic rings. The predicted octanol–water partition coefficient (Wildman–Crippen LogP) is 2.62. The third-order valence-electron chi connectivity index (χ3n) is 3.13. The van der Waals surface area contributed by atoms with Crippen molar-refractivity contribution in [2.24, 2.45) is 0 Å². The molecule has 0 atom stereocenters. The number of hydrogen-bond donors (Lipinski definition) is 1. The van der Waals surface area contributed by atoms with E-state index in [0.29, 0.717) is 16.8 Å². The van der Waals surface area contributed by atoms with Gasteiger partial charge in [-0.15, -0.1) is 11.8 Å². The van der Waals surface area contributed by atoms with E-state index in [1.165, 1.54) is 6.20 Å². The smallest absolute Gasteiger partial charge is 0.239 e. The molecule has 0 radical (unpaired) electrons. The first-order valence-corrected chi connectivity index (χ1v) is 10.3. The second-order valence-corrected chi connectivity index (χ2v) is 8.56. The van der Waals surface area contributed by atoms with Crippen molar-refractivity contribution in [3.8, 4) is 6.07 Å². The molecule has 2 rings (SSSR count). The minimum atomic E-state index is -3.61. The Bertz CT molecular complexity index is 871. The van der Waals surface area contributed by atoms with E-state index in [1.54, 1.807) is 48.2 Å². The average Bonchev–Trinajstić information content (AvgIpc) is 2.56. The minimum Gasteiger partial charge on any atom is -0.324 e. The summed E-state index contributed by atoms with van der Waals surface area (Å²) in [4.78, 5) is 16.1. The van der Waals surface area contributed by atoms with Gasteiger partial charge in [0.05, 0.1) is 34.3 Å². The third-order valence-corrected chi connectivity index (χ3v) is 5.43. The maximum Gasteiger partial charge on any atom is 0.239 e. The van der Waals surface area contributed by atoms with E-state index in [-0.39, 0.29) is 5.75 Å². The molecule has 8 heteroatoms. The molecular formula is C17H17N3O3S2. The molecule has 1 aromatic carbocycles. The van der Waals surface area contributed by atoms with E-state index in [0.717, 1.165) is 10.8 Å². The number of anilines is 1. The SMILES string of the molecule is CCSc1ccc(NC(=O)CS(=O)(=O)Cc2ccc(C#N)cc2)cn1. The number of sulfone groups is 1. The van der Waals surface area contributed by atoms with Crippen molar-refractivity contribution >= 4 is 33.2 Å². The van der Waals surface area contributed by atoms with Gasteiger partial charge >= 0.3 is 0 Å². The summed E-state index contributed by atoms with van der Waals surface area (Å²) in [5.41, 5.74) is 1.45. The van der Waals surface area contributed by atoms with Crippen LogP contribution in [-0.2, 0) is 20.4 Å². The lowest BCUT2D eigenvalue weighted by atomic mass is 10.2. The highest BCUT2D eigenvalue weighted by molar-refractivity contribution is 7.99. The number of carbonyl (C=O) groups is 1. The molecular weight excluding hydrogens is 358 g/mol. The number of carbonyl (C=O) groups excluding carboxylic acids is 1. The van der Waals surface area contributed by atoms with Gasteiger partial charge in [-0.05, 0) is 35.6 Å². The quantitative estimate of drug-likeness (QED) is 0.747. The fraction of sp³-hybridized carbons (Fsp3) is 0.235. The Morgan fingerprint density at radius 1 is 1.24 bits per heavy atom. The Kier molecular flexibility index (Phi) is 6.56. The van der Waals surface area contributed by atoms with Crippen LogP contribution in [0.2, 0.25) is 0 Å². The lowest BCUT2D eigenvalue weighted by molar-refractivity contribution is -0.113. The molecule has 1 N–H and O–H groups in total. The molecule has 0 aliphatic rings. The lowest BCUT2D eigenvalue weighted by Crippen LogP contribution is -2.24. The summed E-state index contributed by atoms with van der Waals surface area (Å²) in [5, 5.41) is 12.1. The van der Waals surface area contributed by atoms with Gasteiger partial charge in [0.2, 0.25) is 5.91 Å². The number of amides is 1. The summed E-state index contributed by atoms with van der Waals surface area (Å²) >= 11 is 1.58. The largest absolute Gasteiger partial charge is 0.324 e. The van der Waals surface area contributed by atoms with Gasteiger partial charge in [-0.2, -0.15) is 5.26 Å². The number of aromatic nitrogens is 1. The van der Waals surface area contributed by atoms with E-state index >= 15 is 0 Å². The summed E-state index contributed by atoms with van der Waals surface area (Å²) in [6.45, 7) is 2.01. The topological polar surface area (TPSA) is 99.9 Å². The van der Waals surface area contributed by atoms with Crippen molar-refractivity contribution in [2.75, 3.05) is 16.8 Å². The molecule has 1 heterocycles. The van der Waals surface area contributed by atoms with Crippen LogP contribution in [0.4, 0.5) is 5.69 Å². The van der Waals surface area contributed by atoms with Crippen molar-refractivity contribution < 1.29 is 13.2 Å². The number of hydrogen-bond acceptors (Lipinski definition) is 6. The van der Waals surface area contributed by atoms with Gasteiger partial charge in [0.1, 0.15) is 5.75 Å². The van der Waals surface area contributed by atoms with Crippen LogP contribution in [0.5, 0.6) is 0 Å². The van der Waals surface area contributed by atoms with Crippen molar-refractivity contribution in [3.05, 3.63) is 53.7 Å². The van der Waals surface area contributed by atoms with E-state index in [4.69, 9.17) is 5.26 Å². The molecule has 0 unspecified atom stereocenters. The Labute approximate surface area is 151 Å². The summed E-state index contributed by atoms with van der Waals surface area (Å²) in [5.74, 6) is -0.576. The maximum absolute atomic E-state index is 12.1. The van der Waals surface area contributed by atoms with E-state index in [9.17, 15) is 13.2 Å². The molecule has 1 aromatic heterocycles. The van der Waals surface area contributed by atoms with Crippen molar-refractivity contribution in [1.82, 2.24) is 4.98 Å². The normalized spacial score (nSPS) is 10.9. The monoisotopic (exact) mass is 375 g/mol. The van der Waals surface area contributed by atoms with Crippen molar-refractivity contribution in [3.63, 3.8) is 0 Å². The number of nitrogens with one attached hydrogen (secondary N) is 1. The first-order valence-electron chi connectivity index (χ1n) is 7.50. The standard InChI is InChI=1S/C17H17N3O3S2/c1-2-24-17-8-7-15(10-19-17)20-16(21)12-25(22,23)11-14-5-3-13(9-18)4-6-14/h3-8,10H,2,11-12H2,1H3,(H,20,21). The van der Waals surface area contributed by atoms with E-state index < -0.39 is 21.5 Å². The Balaban J connectivity index is 1.94. The Morgan fingerprint density at radius 2 is 1.96 bits per heavy atom. The van der Waals surface area contributed by atoms with Crippen LogP contribution in [0.25, 0.3) is 0 Å². The number of benzene rings is 1. The molecule has 0 fully saturated rings. The second-order valence-electron chi connectivity index (χ2n) is 5.21. The minimum absolute atomic E-state index is 0.254. The summed E-state index contributed by atoms with van der Waals surface area (Å²) in [6.07, 6.45) is 1.50. The van der Waals surface area contributed by atoms with Gasteiger partial charge in [-0.25, -0.2) is 13.4 Å². The maximum atomic E-state index is 12.1. The first-order chi connectivity index (χ1) is 11.9. The molecule has 130 valence electrons. The van der Waals surface area contributed by atoms with Gasteiger partial charge in [0, 0.05) is 0 Å². The highest BCUT2D eigenvalue weighted by Crippen LogP contribution is 2.16. The molecule has 0 saturated heterocycles. The fourth-order valence-corrected chi connectivity index (χ4v) is 3.93. The zero-order valence-corrected chi connectivity index (χ0v) is 15.2. The van der Waals surface area contributed by atoms with Crippen molar-refractivity contribution in [2.45, 2.75) is 17.7 Å². The number of nitriles is 1. The molecule has 0 saturated carbocycles. The van der Waals surface area contributed by atoms with Crippen molar-refractivity contribution in [1.29, 1.82) is 5.26 Å². The van der Waals surface area contributed by atoms with Crippen LogP contribution in [0, 0.1) is 11.3 Å². The van der Waals surface area contributed by atoms with Gasteiger partial charge in [0.25, 0.3) is 0 Å². The highest BCUT2D eigenvalue weighted by atomic mass is 32.2. The average molecular weight is 375 g/mol. The van der Waals surface area contributed by atoms with Crippen LogP contribution in [0.15, 0.2) is 47.6 Å². The molecule has 1 amide bonds. The zero-order chi connectivity index (χ0) is 18.3. The first kappa shape index (κ1) is 19.0. The van der Waals surface area contributed by atoms with Gasteiger partial charge in [-0.1, -0.05) is 19.1 Å². The summed E-state index contributed by atoms with van der Waals surface area (Å²) in [6, 6.07) is 11.7. The number of pyridine rings is 1. The number of thioether (sulfide) groups is 1. The van der Waals surface area contributed by atoms with Crippen LogP contribution in [0.1, 0.15) is 18.1 Å². The van der Waals surface area contributed by atoms with Crippen LogP contribution in [-0.4, -0.2) is 30.8 Å². The molecule has 0 aliphatic heterocycles.